The van der Waals surface area contributed by atoms with Gasteiger partial charge in [0.1, 0.15) is 23.1 Å². The molecule has 0 radical (unpaired) electrons. The van der Waals surface area contributed by atoms with E-state index in [2.05, 4.69) is 26.7 Å². The van der Waals surface area contributed by atoms with Crippen LogP contribution < -0.4 is 15.4 Å². The molecular formula is C28H37FN4O2. The Bertz CT molecular complexity index is 1200. The molecule has 0 fully saturated rings. The number of hydrogen-bond donors (Lipinski definition) is 2. The van der Waals surface area contributed by atoms with Crippen LogP contribution in [0.3, 0.4) is 0 Å². The molecule has 1 aliphatic carbocycles. The van der Waals surface area contributed by atoms with Gasteiger partial charge in [-0.25, -0.2) is 9.37 Å². The van der Waals surface area contributed by atoms with E-state index in [-0.39, 0.29) is 22.7 Å². The molecule has 0 aliphatic heterocycles. The number of halogens is 1. The molecule has 0 spiro atoms. The molecule has 188 valence electrons. The van der Waals surface area contributed by atoms with Crippen LogP contribution in [0.4, 0.5) is 10.2 Å². The summed E-state index contributed by atoms with van der Waals surface area (Å²) in [6.45, 7) is 6.01. The lowest BCUT2D eigenvalue weighted by Gasteiger charge is -2.14. The van der Waals surface area contributed by atoms with Gasteiger partial charge in [0.25, 0.3) is 5.91 Å². The van der Waals surface area contributed by atoms with Crippen LogP contribution in [0.2, 0.25) is 0 Å². The number of nitrogens with one attached hydrogen (secondary N) is 2. The molecule has 35 heavy (non-hydrogen) atoms. The Kier molecular flexibility index (Phi) is 10.6. The summed E-state index contributed by atoms with van der Waals surface area (Å²) in [6, 6.07) is 10.2. The van der Waals surface area contributed by atoms with Gasteiger partial charge in [-0.1, -0.05) is 39.5 Å². The van der Waals surface area contributed by atoms with Gasteiger partial charge in [0.15, 0.2) is 0 Å². The minimum atomic E-state index is -0.439. The number of allylic oxidation sites excluding steroid dienone is 4. The van der Waals surface area contributed by atoms with E-state index in [1.807, 2.05) is 45.1 Å². The zero-order valence-corrected chi connectivity index (χ0v) is 19.6. The van der Waals surface area contributed by atoms with Crippen LogP contribution in [0.15, 0.2) is 78.9 Å². The lowest BCUT2D eigenvalue weighted by Crippen LogP contribution is -2.23. The molecule has 4 rings (SSSR count). The predicted molar refractivity (Wildman–Crippen MR) is 143 cm³/mol. The lowest BCUT2D eigenvalue weighted by atomic mass is 10.1. The molecule has 0 saturated carbocycles. The SMILES string of the molecule is C.CC.Cc1c(Oc2ccnc(NC3=CC=CCC3)c2)cccc1C(=O)NCc1cncc(F)c1.[HH].[HH]. The molecule has 7 heteroatoms. The first kappa shape index (κ1) is 27.2. The molecule has 0 bridgehead atoms. The van der Waals surface area contributed by atoms with E-state index in [0.717, 1.165) is 24.7 Å². The summed E-state index contributed by atoms with van der Waals surface area (Å²) in [4.78, 5) is 20.8. The fourth-order valence-corrected chi connectivity index (χ4v) is 3.34. The average Bonchev–Trinajstić information content (AvgIpc) is 2.86. The summed E-state index contributed by atoms with van der Waals surface area (Å²) in [5.74, 6) is 1.17. The predicted octanol–water partition coefficient (Wildman–Crippen LogP) is 7.45. The highest BCUT2D eigenvalue weighted by Gasteiger charge is 2.14. The second-order valence-corrected chi connectivity index (χ2v) is 7.39. The normalized spacial score (nSPS) is 11.8. The molecule has 2 aromatic heterocycles. The standard InChI is InChI=1S/C25H23FN4O2.C2H6.CH4.2H2/c1-17-22(25(31)29-15-18-12-19(26)16-27-14-18)8-5-9-23(17)32-21-10-11-28-24(13-21)30-20-6-3-2-4-7-20;1-2;;;/h2-3,5-6,8-14,16H,4,7,15H2,1H3,(H,28,30)(H,29,31);1-2H3;1H4;2*1H. The fourth-order valence-electron chi connectivity index (χ4n) is 3.34. The van der Waals surface area contributed by atoms with Crippen molar-refractivity contribution in [2.45, 2.75) is 47.6 Å². The average molecular weight is 481 g/mol. The van der Waals surface area contributed by atoms with E-state index in [1.54, 1.807) is 24.4 Å². The van der Waals surface area contributed by atoms with Crippen LogP contribution in [-0.4, -0.2) is 15.9 Å². The zero-order valence-electron chi connectivity index (χ0n) is 19.6. The summed E-state index contributed by atoms with van der Waals surface area (Å²) in [6.07, 6.45) is 12.4. The van der Waals surface area contributed by atoms with Crippen molar-refractivity contribution < 1.29 is 16.8 Å². The number of carbonyl (C=O) groups is 1. The Morgan fingerprint density at radius 3 is 2.77 bits per heavy atom. The van der Waals surface area contributed by atoms with Gasteiger partial charge in [0, 0.05) is 44.7 Å². The monoisotopic (exact) mass is 480 g/mol. The second kappa shape index (κ2) is 13.6. The van der Waals surface area contributed by atoms with Crippen molar-refractivity contribution in [3.63, 3.8) is 0 Å². The van der Waals surface area contributed by atoms with Crippen molar-refractivity contribution in [3.05, 3.63) is 101 Å². The zero-order chi connectivity index (χ0) is 24.3. The number of amides is 1. The molecule has 2 heterocycles. The summed E-state index contributed by atoms with van der Waals surface area (Å²) in [5, 5.41) is 6.11. The Morgan fingerprint density at radius 1 is 1.20 bits per heavy atom. The van der Waals surface area contributed by atoms with Gasteiger partial charge in [-0.05, 0) is 55.7 Å². The van der Waals surface area contributed by atoms with Gasteiger partial charge < -0.3 is 15.4 Å². The molecule has 0 saturated heterocycles. The maximum absolute atomic E-state index is 13.3. The number of aromatic nitrogens is 2. The third-order valence-corrected chi connectivity index (χ3v) is 5.00. The van der Waals surface area contributed by atoms with Gasteiger partial charge in [-0.3, -0.25) is 9.78 Å². The van der Waals surface area contributed by atoms with Gasteiger partial charge in [0.05, 0.1) is 6.20 Å². The molecule has 6 nitrogen and oxygen atoms in total. The Hall–Kier alpha value is -4.00. The first-order chi connectivity index (χ1) is 16.6. The van der Waals surface area contributed by atoms with Gasteiger partial charge in [-0.15, -0.1) is 0 Å². The number of benzene rings is 1. The van der Waals surface area contributed by atoms with Crippen molar-refractivity contribution >= 4 is 11.7 Å². The molecular weight excluding hydrogens is 443 g/mol. The van der Waals surface area contributed by atoms with Crippen molar-refractivity contribution in [1.29, 1.82) is 0 Å². The summed E-state index contributed by atoms with van der Waals surface area (Å²) < 4.78 is 19.3. The highest BCUT2D eigenvalue weighted by atomic mass is 19.1. The molecule has 1 amide bonds. The van der Waals surface area contributed by atoms with Crippen LogP contribution in [0, 0.1) is 12.7 Å². The topological polar surface area (TPSA) is 76.1 Å². The van der Waals surface area contributed by atoms with E-state index in [9.17, 15) is 9.18 Å². The molecule has 3 aromatic rings. The third kappa shape index (κ3) is 7.78. The van der Waals surface area contributed by atoms with E-state index >= 15 is 0 Å². The molecule has 1 aromatic carbocycles. The van der Waals surface area contributed by atoms with Crippen molar-refractivity contribution in [2.24, 2.45) is 0 Å². The minimum absolute atomic E-state index is 0. The largest absolute Gasteiger partial charge is 0.457 e. The van der Waals surface area contributed by atoms with Crippen molar-refractivity contribution in [3.8, 4) is 11.5 Å². The van der Waals surface area contributed by atoms with E-state index in [1.165, 1.54) is 12.3 Å². The van der Waals surface area contributed by atoms with Crippen LogP contribution in [0.1, 0.15) is 58.5 Å². The first-order valence-electron chi connectivity index (χ1n) is 11.3. The second-order valence-electron chi connectivity index (χ2n) is 7.39. The number of pyridine rings is 2. The molecule has 1 aliphatic rings. The van der Waals surface area contributed by atoms with E-state index < -0.39 is 5.82 Å². The summed E-state index contributed by atoms with van der Waals surface area (Å²) in [7, 11) is 0. The molecule has 0 unspecified atom stereocenters. The first-order valence-corrected chi connectivity index (χ1v) is 11.3. The van der Waals surface area contributed by atoms with Crippen molar-refractivity contribution in [2.75, 3.05) is 5.32 Å². The Morgan fingerprint density at radius 2 is 2.03 bits per heavy atom. The number of ether oxygens (including phenoxy) is 1. The smallest absolute Gasteiger partial charge is 0.251 e. The number of nitrogens with zero attached hydrogens (tertiary/aromatic N) is 2. The third-order valence-electron chi connectivity index (χ3n) is 5.00. The maximum Gasteiger partial charge on any atom is 0.251 e. The number of rotatable bonds is 7. The van der Waals surface area contributed by atoms with E-state index in [0.29, 0.717) is 34.0 Å². The quantitative estimate of drug-likeness (QED) is 0.367. The van der Waals surface area contributed by atoms with Crippen LogP contribution in [-0.2, 0) is 6.54 Å². The van der Waals surface area contributed by atoms with Gasteiger partial charge >= 0.3 is 0 Å². The van der Waals surface area contributed by atoms with E-state index in [4.69, 9.17) is 4.74 Å². The lowest BCUT2D eigenvalue weighted by molar-refractivity contribution is 0.0950. The Balaban J connectivity index is 0.00000253. The van der Waals surface area contributed by atoms with Gasteiger partial charge in [0.2, 0.25) is 0 Å². The molecule has 0 atom stereocenters. The summed E-state index contributed by atoms with van der Waals surface area (Å²) >= 11 is 0. The highest BCUT2D eigenvalue weighted by molar-refractivity contribution is 5.96. The minimum Gasteiger partial charge on any atom is -0.457 e. The maximum atomic E-state index is 13.3. The van der Waals surface area contributed by atoms with Gasteiger partial charge in [-0.2, -0.15) is 0 Å². The number of hydrogen-bond acceptors (Lipinski definition) is 5. The van der Waals surface area contributed by atoms with Crippen LogP contribution in [0.25, 0.3) is 0 Å². The fraction of sp³-hybridized carbons (Fsp3) is 0.250. The Labute approximate surface area is 210 Å². The van der Waals surface area contributed by atoms with Crippen LogP contribution >= 0.6 is 0 Å². The van der Waals surface area contributed by atoms with Crippen molar-refractivity contribution in [1.82, 2.24) is 15.3 Å². The number of carbonyl (C=O) groups excluding carboxylic acids is 1. The highest BCUT2D eigenvalue weighted by Crippen LogP contribution is 2.28. The summed E-state index contributed by atoms with van der Waals surface area (Å²) in [5.41, 5.74) is 2.87. The molecule has 2 N–H and O–H groups in total. The van der Waals surface area contributed by atoms with Crippen LogP contribution in [0.5, 0.6) is 11.5 Å². The number of anilines is 1.